The first-order valence-electron chi connectivity index (χ1n) is 9.41. The SMILES string of the molecule is O=C(NC1CCCCC1)N[C@H]1CO[C@H]2[C@@H]1OC[C@@H]2Oc1ccc(F)cc1. The van der Waals surface area contributed by atoms with Gasteiger partial charge in [-0.25, -0.2) is 9.18 Å². The molecule has 6 nitrogen and oxygen atoms in total. The maximum Gasteiger partial charge on any atom is 0.315 e. The van der Waals surface area contributed by atoms with Gasteiger partial charge in [-0.1, -0.05) is 19.3 Å². The lowest BCUT2D eigenvalue weighted by atomic mass is 9.96. The minimum Gasteiger partial charge on any atom is -0.485 e. The Balaban J connectivity index is 1.28. The van der Waals surface area contributed by atoms with Crippen molar-refractivity contribution in [2.45, 2.75) is 62.5 Å². The molecule has 142 valence electrons. The van der Waals surface area contributed by atoms with E-state index in [9.17, 15) is 9.18 Å². The Morgan fingerprint density at radius 2 is 1.73 bits per heavy atom. The van der Waals surface area contributed by atoms with E-state index in [1.165, 1.54) is 31.4 Å². The molecule has 7 heteroatoms. The smallest absolute Gasteiger partial charge is 0.315 e. The summed E-state index contributed by atoms with van der Waals surface area (Å²) >= 11 is 0. The molecule has 1 saturated carbocycles. The van der Waals surface area contributed by atoms with Crippen molar-refractivity contribution in [1.29, 1.82) is 0 Å². The molecule has 0 unspecified atom stereocenters. The van der Waals surface area contributed by atoms with Gasteiger partial charge >= 0.3 is 6.03 Å². The minimum absolute atomic E-state index is 0.155. The van der Waals surface area contributed by atoms with Gasteiger partial charge in [0.1, 0.15) is 23.8 Å². The number of hydrogen-bond donors (Lipinski definition) is 2. The molecule has 0 radical (unpaired) electrons. The third-order valence-electron chi connectivity index (χ3n) is 5.37. The largest absolute Gasteiger partial charge is 0.485 e. The van der Waals surface area contributed by atoms with E-state index in [2.05, 4.69) is 10.6 Å². The van der Waals surface area contributed by atoms with Crippen LogP contribution in [-0.4, -0.2) is 49.6 Å². The standard InChI is InChI=1S/C19H25FN2O4/c20-12-6-8-14(9-7-12)26-16-11-25-17-15(10-24-18(16)17)22-19(23)21-13-4-2-1-3-5-13/h6-9,13,15-18H,1-5,10-11H2,(H2,21,22,23)/t15-,16-,17+,18+/m0/s1. The van der Waals surface area contributed by atoms with Gasteiger partial charge in [0.2, 0.25) is 0 Å². The summed E-state index contributed by atoms with van der Waals surface area (Å²) in [5.74, 6) is 0.277. The zero-order valence-electron chi connectivity index (χ0n) is 14.7. The summed E-state index contributed by atoms with van der Waals surface area (Å²) in [6.45, 7) is 0.784. The topological polar surface area (TPSA) is 68.8 Å². The second-order valence-corrected chi connectivity index (χ2v) is 7.27. The number of nitrogens with one attached hydrogen (secondary N) is 2. The fraction of sp³-hybridized carbons (Fsp3) is 0.632. The van der Waals surface area contributed by atoms with Gasteiger partial charge in [-0.2, -0.15) is 0 Å². The molecular weight excluding hydrogens is 339 g/mol. The van der Waals surface area contributed by atoms with Crippen LogP contribution in [0, 0.1) is 5.82 Å². The fourth-order valence-corrected chi connectivity index (χ4v) is 4.02. The Hall–Kier alpha value is -1.86. The van der Waals surface area contributed by atoms with Crippen LogP contribution in [0.3, 0.4) is 0 Å². The van der Waals surface area contributed by atoms with Crippen molar-refractivity contribution in [1.82, 2.24) is 10.6 Å². The van der Waals surface area contributed by atoms with Gasteiger partial charge in [-0.05, 0) is 37.1 Å². The number of ether oxygens (including phenoxy) is 3. The Morgan fingerprint density at radius 1 is 1.00 bits per heavy atom. The Bertz CT molecular complexity index is 620. The Morgan fingerprint density at radius 3 is 2.50 bits per heavy atom. The zero-order chi connectivity index (χ0) is 17.9. The lowest BCUT2D eigenvalue weighted by Crippen LogP contribution is -2.51. The van der Waals surface area contributed by atoms with Gasteiger partial charge in [0.25, 0.3) is 0 Å². The van der Waals surface area contributed by atoms with E-state index in [0.717, 1.165) is 12.8 Å². The highest BCUT2D eigenvalue weighted by atomic mass is 19.1. The molecule has 3 fully saturated rings. The summed E-state index contributed by atoms with van der Waals surface area (Å²) in [4.78, 5) is 12.3. The van der Waals surface area contributed by atoms with Crippen LogP contribution in [0.5, 0.6) is 5.75 Å². The number of amides is 2. The molecule has 1 aromatic rings. The molecular formula is C19H25FN2O4. The van der Waals surface area contributed by atoms with Crippen LogP contribution < -0.4 is 15.4 Å². The average Bonchev–Trinajstić information content (AvgIpc) is 3.22. The lowest BCUT2D eigenvalue weighted by molar-refractivity contribution is 0.0303. The van der Waals surface area contributed by atoms with Crippen molar-refractivity contribution in [3.05, 3.63) is 30.1 Å². The quantitative estimate of drug-likeness (QED) is 0.861. The van der Waals surface area contributed by atoms with E-state index in [1.54, 1.807) is 12.1 Å². The molecule has 1 aromatic carbocycles. The predicted molar refractivity (Wildman–Crippen MR) is 92.6 cm³/mol. The fourth-order valence-electron chi connectivity index (χ4n) is 4.02. The Labute approximate surface area is 152 Å². The first-order chi connectivity index (χ1) is 12.7. The summed E-state index contributed by atoms with van der Waals surface area (Å²) in [6, 6.07) is 5.82. The average molecular weight is 364 g/mol. The van der Waals surface area contributed by atoms with E-state index < -0.39 is 0 Å². The number of urea groups is 1. The van der Waals surface area contributed by atoms with Gasteiger partial charge in [0.05, 0.1) is 19.3 Å². The van der Waals surface area contributed by atoms with Gasteiger partial charge in [0.15, 0.2) is 6.10 Å². The number of carbonyl (C=O) groups excluding carboxylic acids is 1. The molecule has 26 heavy (non-hydrogen) atoms. The Kier molecular flexibility index (Phi) is 5.26. The van der Waals surface area contributed by atoms with Crippen LogP contribution in [0.4, 0.5) is 9.18 Å². The van der Waals surface area contributed by atoms with Crippen LogP contribution in [0.1, 0.15) is 32.1 Å². The molecule has 0 bridgehead atoms. The number of halogens is 1. The minimum atomic E-state index is -0.303. The van der Waals surface area contributed by atoms with Crippen LogP contribution in [-0.2, 0) is 9.47 Å². The summed E-state index contributed by atoms with van der Waals surface area (Å²) in [5.41, 5.74) is 0. The number of carbonyl (C=O) groups is 1. The maximum absolute atomic E-state index is 13.0. The summed E-state index contributed by atoms with van der Waals surface area (Å²) in [6.07, 6.45) is 4.97. The third-order valence-corrected chi connectivity index (χ3v) is 5.37. The van der Waals surface area contributed by atoms with Gasteiger partial charge in [0, 0.05) is 6.04 Å². The van der Waals surface area contributed by atoms with Crippen molar-refractivity contribution in [3.63, 3.8) is 0 Å². The van der Waals surface area contributed by atoms with Crippen molar-refractivity contribution < 1.29 is 23.4 Å². The van der Waals surface area contributed by atoms with E-state index in [-0.39, 0.29) is 42.2 Å². The van der Waals surface area contributed by atoms with Crippen molar-refractivity contribution >= 4 is 6.03 Å². The van der Waals surface area contributed by atoms with Crippen LogP contribution >= 0.6 is 0 Å². The molecule has 1 aliphatic carbocycles. The zero-order valence-corrected chi connectivity index (χ0v) is 14.7. The molecule has 2 N–H and O–H groups in total. The molecule has 2 aliphatic heterocycles. The van der Waals surface area contributed by atoms with E-state index in [0.29, 0.717) is 19.0 Å². The van der Waals surface area contributed by atoms with Crippen molar-refractivity contribution in [2.75, 3.05) is 13.2 Å². The van der Waals surface area contributed by atoms with Gasteiger partial charge in [-0.3, -0.25) is 0 Å². The molecule has 0 aromatic heterocycles. The molecule has 4 atom stereocenters. The maximum atomic E-state index is 13.0. The second-order valence-electron chi connectivity index (χ2n) is 7.27. The van der Waals surface area contributed by atoms with E-state index in [1.807, 2.05) is 0 Å². The number of hydrogen-bond acceptors (Lipinski definition) is 4. The number of benzene rings is 1. The number of rotatable bonds is 4. The van der Waals surface area contributed by atoms with E-state index >= 15 is 0 Å². The highest BCUT2D eigenvalue weighted by Gasteiger charge is 2.49. The second kappa shape index (κ2) is 7.80. The van der Waals surface area contributed by atoms with Gasteiger partial charge < -0.3 is 24.8 Å². The molecule has 2 heterocycles. The first-order valence-corrected chi connectivity index (χ1v) is 9.41. The monoisotopic (exact) mass is 364 g/mol. The van der Waals surface area contributed by atoms with E-state index in [4.69, 9.17) is 14.2 Å². The molecule has 3 aliphatic rings. The normalized spacial score (nSPS) is 31.4. The van der Waals surface area contributed by atoms with Crippen molar-refractivity contribution in [2.24, 2.45) is 0 Å². The number of fused-ring (bicyclic) bond motifs is 1. The summed E-state index contributed by atoms with van der Waals surface area (Å²) < 4.78 is 30.5. The first kappa shape index (κ1) is 17.5. The molecule has 2 amide bonds. The predicted octanol–water partition coefficient (Wildman–Crippen LogP) is 2.37. The molecule has 0 spiro atoms. The molecule has 4 rings (SSSR count). The van der Waals surface area contributed by atoms with Gasteiger partial charge in [-0.15, -0.1) is 0 Å². The third kappa shape index (κ3) is 3.94. The highest BCUT2D eigenvalue weighted by Crippen LogP contribution is 2.30. The highest BCUT2D eigenvalue weighted by molar-refractivity contribution is 5.74. The van der Waals surface area contributed by atoms with Crippen LogP contribution in [0.15, 0.2) is 24.3 Å². The summed E-state index contributed by atoms with van der Waals surface area (Å²) in [5, 5.41) is 6.04. The molecule has 2 saturated heterocycles. The van der Waals surface area contributed by atoms with Crippen LogP contribution in [0.2, 0.25) is 0 Å². The van der Waals surface area contributed by atoms with Crippen molar-refractivity contribution in [3.8, 4) is 5.75 Å². The lowest BCUT2D eigenvalue weighted by Gasteiger charge is -2.24. The van der Waals surface area contributed by atoms with Crippen LogP contribution in [0.25, 0.3) is 0 Å². The summed E-state index contributed by atoms with van der Waals surface area (Å²) in [7, 11) is 0.